The zero-order valence-electron chi connectivity index (χ0n) is 4.22. The lowest BCUT2D eigenvalue weighted by Gasteiger charge is -2.03. The number of hydrogen-bond acceptors (Lipinski definition) is 3. The Morgan fingerprint density at radius 3 is 2.62 bits per heavy atom. The Kier molecular flexibility index (Phi) is 1.68. The van der Waals surface area contributed by atoms with Crippen molar-refractivity contribution in [2.75, 3.05) is 5.75 Å². The first kappa shape index (κ1) is 5.82. The minimum absolute atomic E-state index is 0.309. The monoisotopic (exact) mass is 129 g/mol. The highest BCUT2D eigenvalue weighted by Gasteiger charge is 2.18. The molecule has 3 heteroatoms. The van der Waals surface area contributed by atoms with E-state index in [9.17, 15) is 9.59 Å². The molecule has 0 bridgehead atoms. The van der Waals surface area contributed by atoms with Crippen LogP contribution in [0.1, 0.15) is 6.42 Å². The Hall–Kier alpha value is -0.310. The topological polar surface area (TPSA) is 34.1 Å². The number of Topliss-reactive ketones (excluding diaryl/α,β-unsaturated/α-hetero) is 1. The van der Waals surface area contributed by atoms with E-state index >= 15 is 0 Å². The molecule has 1 radical (unpaired) electrons. The summed E-state index contributed by atoms with van der Waals surface area (Å²) in [6.45, 7) is 0. The predicted octanol–water partition coefficient (Wildman–Crippen LogP) is 0.423. The molecule has 1 aliphatic rings. The maximum absolute atomic E-state index is 10.4. The van der Waals surface area contributed by atoms with E-state index in [0.29, 0.717) is 0 Å². The second-order valence-electron chi connectivity index (χ2n) is 1.49. The average Bonchev–Trinajstić information content (AvgIpc) is 1.77. The van der Waals surface area contributed by atoms with E-state index in [1.165, 1.54) is 6.42 Å². The Labute approximate surface area is 51.6 Å². The molecule has 2 nitrogen and oxygen atoms in total. The van der Waals surface area contributed by atoms with Crippen molar-refractivity contribution in [2.45, 2.75) is 6.42 Å². The SMILES string of the molecule is O=C1[CH]CCSC1=O. The van der Waals surface area contributed by atoms with Crippen LogP contribution in [-0.2, 0) is 9.59 Å². The van der Waals surface area contributed by atoms with Gasteiger partial charge in [0.1, 0.15) is 0 Å². The van der Waals surface area contributed by atoms with Gasteiger partial charge in [-0.1, -0.05) is 11.8 Å². The molecular weight excluding hydrogens is 124 g/mol. The van der Waals surface area contributed by atoms with Crippen molar-refractivity contribution < 1.29 is 9.59 Å². The van der Waals surface area contributed by atoms with E-state index in [1.54, 1.807) is 0 Å². The Morgan fingerprint density at radius 2 is 2.25 bits per heavy atom. The number of thioether (sulfide) groups is 1. The number of rotatable bonds is 0. The summed E-state index contributed by atoms with van der Waals surface area (Å²) < 4.78 is 0. The molecule has 1 rings (SSSR count). The summed E-state index contributed by atoms with van der Waals surface area (Å²) in [6.07, 6.45) is 2.19. The molecule has 8 heavy (non-hydrogen) atoms. The van der Waals surface area contributed by atoms with Gasteiger partial charge in [-0.05, 0) is 6.42 Å². The molecule has 1 aliphatic heterocycles. The van der Waals surface area contributed by atoms with Crippen LogP contribution in [0.4, 0.5) is 0 Å². The van der Waals surface area contributed by atoms with Crippen LogP contribution < -0.4 is 0 Å². The molecule has 1 heterocycles. The molecule has 1 fully saturated rings. The molecule has 0 aromatic rings. The van der Waals surface area contributed by atoms with Gasteiger partial charge in [0.25, 0.3) is 5.12 Å². The molecule has 0 unspecified atom stereocenters. The van der Waals surface area contributed by atoms with E-state index in [2.05, 4.69) is 0 Å². The lowest BCUT2D eigenvalue weighted by molar-refractivity contribution is -0.129. The fraction of sp³-hybridized carbons (Fsp3) is 0.400. The van der Waals surface area contributed by atoms with E-state index in [-0.39, 0.29) is 10.9 Å². The third-order valence-electron chi connectivity index (χ3n) is 0.882. The lowest BCUT2D eigenvalue weighted by atomic mass is 10.2. The molecule has 0 atom stereocenters. The van der Waals surface area contributed by atoms with Gasteiger partial charge in [0.05, 0.1) is 0 Å². The summed E-state index contributed by atoms with van der Waals surface area (Å²) in [5, 5.41) is -0.309. The maximum atomic E-state index is 10.4. The molecule has 0 aliphatic carbocycles. The second kappa shape index (κ2) is 2.31. The summed E-state index contributed by atoms with van der Waals surface area (Å²) in [7, 11) is 0. The average molecular weight is 129 g/mol. The molecule has 1 saturated heterocycles. The van der Waals surface area contributed by atoms with Gasteiger partial charge in [0.15, 0.2) is 0 Å². The zero-order valence-corrected chi connectivity index (χ0v) is 5.03. The van der Waals surface area contributed by atoms with Crippen molar-refractivity contribution in [2.24, 2.45) is 0 Å². The minimum atomic E-state index is -0.332. The molecule has 0 amide bonds. The zero-order chi connectivity index (χ0) is 5.98. The molecule has 43 valence electrons. The normalized spacial score (nSPS) is 21.5. The van der Waals surface area contributed by atoms with Crippen LogP contribution in [0.3, 0.4) is 0 Å². The third kappa shape index (κ3) is 1.10. The van der Waals surface area contributed by atoms with Crippen LogP contribution in [-0.4, -0.2) is 16.7 Å². The van der Waals surface area contributed by atoms with Gasteiger partial charge in [-0.2, -0.15) is 0 Å². The molecule has 0 N–H and O–H groups in total. The summed E-state index contributed by atoms with van der Waals surface area (Å²) in [5.41, 5.74) is 0. The van der Waals surface area contributed by atoms with E-state index in [4.69, 9.17) is 0 Å². The lowest BCUT2D eigenvalue weighted by Crippen LogP contribution is -2.15. The van der Waals surface area contributed by atoms with E-state index in [1.807, 2.05) is 0 Å². The summed E-state index contributed by atoms with van der Waals surface area (Å²) in [4.78, 5) is 20.7. The first-order valence-electron chi connectivity index (χ1n) is 2.35. The van der Waals surface area contributed by atoms with Crippen LogP contribution in [0.5, 0.6) is 0 Å². The van der Waals surface area contributed by atoms with E-state index in [0.717, 1.165) is 23.9 Å². The van der Waals surface area contributed by atoms with Crippen LogP contribution in [0.25, 0.3) is 0 Å². The first-order valence-corrected chi connectivity index (χ1v) is 3.33. The van der Waals surface area contributed by atoms with Crippen molar-refractivity contribution in [1.29, 1.82) is 0 Å². The first-order chi connectivity index (χ1) is 3.80. The van der Waals surface area contributed by atoms with Crippen LogP contribution >= 0.6 is 11.8 Å². The molecule has 0 saturated carbocycles. The Balaban J connectivity index is 2.52. The molecular formula is C5H5O2S. The number of hydrogen-bond donors (Lipinski definition) is 0. The number of carbonyl (C=O) groups is 2. The molecule has 0 spiro atoms. The summed E-state index contributed by atoms with van der Waals surface area (Å²) in [5.74, 6) is 0.436. The highest BCUT2D eigenvalue weighted by molar-refractivity contribution is 8.15. The fourth-order valence-corrected chi connectivity index (χ4v) is 1.14. The Bertz CT molecular complexity index is 114. The van der Waals surface area contributed by atoms with Crippen molar-refractivity contribution in [3.8, 4) is 0 Å². The smallest absolute Gasteiger partial charge is 0.255 e. The van der Waals surface area contributed by atoms with Crippen LogP contribution in [0, 0.1) is 6.42 Å². The maximum Gasteiger partial charge on any atom is 0.255 e. The fourth-order valence-electron chi connectivity index (χ4n) is 0.496. The highest BCUT2D eigenvalue weighted by Crippen LogP contribution is 2.13. The quantitative estimate of drug-likeness (QED) is 0.444. The van der Waals surface area contributed by atoms with Crippen LogP contribution in [0.15, 0.2) is 0 Å². The van der Waals surface area contributed by atoms with Gasteiger partial charge in [-0.25, -0.2) is 0 Å². The Morgan fingerprint density at radius 1 is 1.50 bits per heavy atom. The van der Waals surface area contributed by atoms with Crippen molar-refractivity contribution in [3.05, 3.63) is 6.42 Å². The third-order valence-corrected chi connectivity index (χ3v) is 1.79. The molecule has 0 aromatic heterocycles. The van der Waals surface area contributed by atoms with Gasteiger partial charge < -0.3 is 0 Å². The van der Waals surface area contributed by atoms with Crippen molar-refractivity contribution in [3.63, 3.8) is 0 Å². The molecule has 0 aromatic carbocycles. The predicted molar refractivity (Wildman–Crippen MR) is 31.4 cm³/mol. The van der Waals surface area contributed by atoms with Gasteiger partial charge in [0.2, 0.25) is 5.78 Å². The largest absolute Gasteiger partial charge is 0.290 e. The number of ketones is 1. The van der Waals surface area contributed by atoms with Gasteiger partial charge in [-0.3, -0.25) is 9.59 Å². The van der Waals surface area contributed by atoms with Gasteiger partial charge in [-0.15, -0.1) is 0 Å². The summed E-state index contributed by atoms with van der Waals surface area (Å²) >= 11 is 1.11. The minimum Gasteiger partial charge on any atom is -0.290 e. The van der Waals surface area contributed by atoms with Crippen LogP contribution in [0.2, 0.25) is 0 Å². The highest BCUT2D eigenvalue weighted by atomic mass is 32.2. The summed E-state index contributed by atoms with van der Waals surface area (Å²) in [6, 6.07) is 0. The standard InChI is InChI=1S/C5H5O2S/c6-4-2-1-3-8-5(4)7/h2H,1,3H2. The number of carbonyl (C=O) groups excluding carboxylic acids is 2. The second-order valence-corrected chi connectivity index (χ2v) is 2.56. The van der Waals surface area contributed by atoms with Crippen molar-refractivity contribution in [1.82, 2.24) is 0 Å². The van der Waals surface area contributed by atoms with Crippen molar-refractivity contribution >= 4 is 22.7 Å². The van der Waals surface area contributed by atoms with Gasteiger partial charge >= 0.3 is 0 Å². The van der Waals surface area contributed by atoms with E-state index < -0.39 is 0 Å². The van der Waals surface area contributed by atoms with Gasteiger partial charge in [0, 0.05) is 12.2 Å².